The van der Waals surface area contributed by atoms with Gasteiger partial charge in [-0.1, -0.05) is 34.8 Å². The van der Waals surface area contributed by atoms with Crippen LogP contribution in [0, 0.1) is 0 Å². The Kier molecular flexibility index (Phi) is 4.68. The van der Waals surface area contributed by atoms with Crippen LogP contribution in [0.3, 0.4) is 0 Å². The fourth-order valence-electron chi connectivity index (χ4n) is 2.69. The van der Waals surface area contributed by atoms with Crippen molar-refractivity contribution < 1.29 is 5.11 Å². The first kappa shape index (κ1) is 13.9. The summed E-state index contributed by atoms with van der Waals surface area (Å²) in [6, 6.07) is 6.91. The summed E-state index contributed by atoms with van der Waals surface area (Å²) >= 11 is 3.57. The molecule has 2 rings (SSSR count). The van der Waals surface area contributed by atoms with Gasteiger partial charge in [0.25, 0.3) is 0 Å². The van der Waals surface area contributed by atoms with Crippen LogP contribution in [0.25, 0.3) is 0 Å². The molecule has 1 heterocycles. The number of aliphatic hydroxyl groups is 1. The summed E-state index contributed by atoms with van der Waals surface area (Å²) in [5.74, 6) is 0. The van der Waals surface area contributed by atoms with E-state index in [0.717, 1.165) is 16.6 Å². The Morgan fingerprint density at radius 1 is 1.33 bits per heavy atom. The quantitative estimate of drug-likeness (QED) is 0.881. The van der Waals surface area contributed by atoms with Gasteiger partial charge in [0.1, 0.15) is 0 Å². The molecule has 0 amide bonds. The van der Waals surface area contributed by atoms with Crippen molar-refractivity contribution in [3.63, 3.8) is 0 Å². The maximum Gasteiger partial charge on any atom is 0.0772 e. The zero-order chi connectivity index (χ0) is 13.1. The van der Waals surface area contributed by atoms with Gasteiger partial charge in [0.15, 0.2) is 0 Å². The summed E-state index contributed by atoms with van der Waals surface area (Å²) in [5.41, 5.74) is 2.22. The van der Waals surface area contributed by atoms with Crippen LogP contribution < -0.4 is 4.90 Å². The highest BCUT2D eigenvalue weighted by Crippen LogP contribution is 2.31. The van der Waals surface area contributed by atoms with Gasteiger partial charge in [-0.25, -0.2) is 0 Å². The smallest absolute Gasteiger partial charge is 0.0772 e. The normalized spacial score (nSPS) is 22.7. The lowest BCUT2D eigenvalue weighted by Crippen LogP contribution is -2.32. The van der Waals surface area contributed by atoms with Gasteiger partial charge in [-0.15, -0.1) is 0 Å². The summed E-state index contributed by atoms with van der Waals surface area (Å²) in [5, 5.41) is 9.66. The molecule has 0 spiro atoms. The molecule has 3 heteroatoms. The molecule has 1 unspecified atom stereocenters. The molecular weight excluding hydrogens is 290 g/mol. The van der Waals surface area contributed by atoms with Gasteiger partial charge in [0, 0.05) is 22.7 Å². The molecule has 0 aliphatic carbocycles. The summed E-state index contributed by atoms with van der Waals surface area (Å²) < 4.78 is 1.01. The topological polar surface area (TPSA) is 23.5 Å². The second-order valence-electron chi connectivity index (χ2n) is 5.27. The van der Waals surface area contributed by atoms with E-state index in [0.29, 0.717) is 6.04 Å². The van der Waals surface area contributed by atoms with Gasteiger partial charge in [0.2, 0.25) is 0 Å². The van der Waals surface area contributed by atoms with Crippen molar-refractivity contribution in [2.24, 2.45) is 0 Å². The fraction of sp³-hybridized carbons (Fsp3) is 0.600. The highest BCUT2D eigenvalue weighted by Gasteiger charge is 2.18. The average Bonchev–Trinajstić information content (AvgIpc) is 2.53. The van der Waals surface area contributed by atoms with Gasteiger partial charge < -0.3 is 10.0 Å². The predicted octanol–water partition coefficient (Wildman–Crippen LogP) is 4.27. The molecular formula is C15H22BrNO. The van der Waals surface area contributed by atoms with Gasteiger partial charge in [-0.3, -0.25) is 0 Å². The SMILES string of the molecule is CC1CCCCCN1c1ccc([C@H](C)O)c(Br)c1. The van der Waals surface area contributed by atoms with Crippen LogP contribution in [-0.4, -0.2) is 17.7 Å². The number of benzene rings is 1. The molecule has 2 nitrogen and oxygen atoms in total. The van der Waals surface area contributed by atoms with Gasteiger partial charge in [-0.2, -0.15) is 0 Å². The first-order valence-electron chi connectivity index (χ1n) is 6.83. The van der Waals surface area contributed by atoms with Gasteiger partial charge in [-0.05, 0) is 44.4 Å². The van der Waals surface area contributed by atoms with E-state index in [1.165, 1.54) is 31.4 Å². The van der Waals surface area contributed by atoms with E-state index < -0.39 is 6.10 Å². The fourth-order valence-corrected chi connectivity index (χ4v) is 3.39. The molecule has 1 N–H and O–H groups in total. The molecule has 0 radical (unpaired) electrons. The molecule has 1 fully saturated rings. The van der Waals surface area contributed by atoms with Crippen LogP contribution >= 0.6 is 15.9 Å². The molecule has 0 aromatic heterocycles. The molecule has 1 aliphatic heterocycles. The molecule has 1 aliphatic rings. The summed E-state index contributed by atoms with van der Waals surface area (Å²) in [6.07, 6.45) is 4.81. The van der Waals surface area contributed by atoms with Crippen LogP contribution in [0.4, 0.5) is 5.69 Å². The predicted molar refractivity (Wildman–Crippen MR) is 80.1 cm³/mol. The van der Waals surface area contributed by atoms with Crippen LogP contribution in [0.15, 0.2) is 22.7 Å². The minimum absolute atomic E-state index is 0.421. The van der Waals surface area contributed by atoms with E-state index in [-0.39, 0.29) is 0 Å². The van der Waals surface area contributed by atoms with Crippen molar-refractivity contribution in [1.29, 1.82) is 0 Å². The van der Waals surface area contributed by atoms with E-state index in [1.54, 1.807) is 6.92 Å². The summed E-state index contributed by atoms with van der Waals surface area (Å²) in [7, 11) is 0. The molecule has 0 saturated carbocycles. The zero-order valence-corrected chi connectivity index (χ0v) is 12.8. The third-order valence-corrected chi connectivity index (χ3v) is 4.51. The Hall–Kier alpha value is -0.540. The van der Waals surface area contributed by atoms with Crippen molar-refractivity contribution in [3.8, 4) is 0 Å². The molecule has 1 aromatic carbocycles. The number of nitrogens with zero attached hydrogens (tertiary/aromatic N) is 1. The number of hydrogen-bond acceptors (Lipinski definition) is 2. The lowest BCUT2D eigenvalue weighted by molar-refractivity contribution is 0.198. The molecule has 18 heavy (non-hydrogen) atoms. The zero-order valence-electron chi connectivity index (χ0n) is 11.2. The van der Waals surface area contributed by atoms with Crippen LogP contribution in [-0.2, 0) is 0 Å². The highest BCUT2D eigenvalue weighted by atomic mass is 79.9. The Morgan fingerprint density at radius 3 is 2.78 bits per heavy atom. The average molecular weight is 312 g/mol. The molecule has 0 bridgehead atoms. The molecule has 2 atom stereocenters. The standard InChI is InChI=1S/C15H22BrNO/c1-11-6-4-3-5-9-17(11)13-7-8-14(12(2)18)15(16)10-13/h7-8,10-12,18H,3-6,9H2,1-2H3/t11?,12-/m0/s1. The van der Waals surface area contributed by atoms with Crippen molar-refractivity contribution in [1.82, 2.24) is 0 Å². The Balaban J connectivity index is 2.24. The van der Waals surface area contributed by atoms with Crippen LogP contribution in [0.5, 0.6) is 0 Å². The third-order valence-electron chi connectivity index (χ3n) is 3.82. The monoisotopic (exact) mass is 311 g/mol. The Labute approximate surface area is 118 Å². The van der Waals surface area contributed by atoms with Gasteiger partial charge in [0.05, 0.1) is 6.10 Å². The second-order valence-corrected chi connectivity index (χ2v) is 6.13. The Morgan fingerprint density at radius 2 is 2.11 bits per heavy atom. The summed E-state index contributed by atoms with van der Waals surface area (Å²) in [4.78, 5) is 2.49. The minimum Gasteiger partial charge on any atom is -0.389 e. The number of hydrogen-bond donors (Lipinski definition) is 1. The molecule has 1 saturated heterocycles. The largest absolute Gasteiger partial charge is 0.389 e. The first-order valence-corrected chi connectivity index (χ1v) is 7.63. The number of rotatable bonds is 2. The van der Waals surface area contributed by atoms with E-state index in [2.05, 4.69) is 39.9 Å². The molecule has 1 aromatic rings. The lowest BCUT2D eigenvalue weighted by Gasteiger charge is -2.30. The van der Waals surface area contributed by atoms with Gasteiger partial charge >= 0.3 is 0 Å². The van der Waals surface area contributed by atoms with Crippen molar-refractivity contribution in [2.45, 2.75) is 51.7 Å². The van der Waals surface area contributed by atoms with Crippen LogP contribution in [0.2, 0.25) is 0 Å². The van der Waals surface area contributed by atoms with E-state index in [1.807, 2.05) is 6.07 Å². The van der Waals surface area contributed by atoms with E-state index >= 15 is 0 Å². The number of halogens is 1. The van der Waals surface area contributed by atoms with E-state index in [4.69, 9.17) is 0 Å². The highest BCUT2D eigenvalue weighted by molar-refractivity contribution is 9.10. The molecule has 100 valence electrons. The lowest BCUT2D eigenvalue weighted by atomic mass is 10.1. The maximum absolute atomic E-state index is 9.66. The van der Waals surface area contributed by atoms with Crippen molar-refractivity contribution >= 4 is 21.6 Å². The number of anilines is 1. The second kappa shape index (κ2) is 6.07. The minimum atomic E-state index is -0.421. The van der Waals surface area contributed by atoms with Crippen molar-refractivity contribution in [2.75, 3.05) is 11.4 Å². The maximum atomic E-state index is 9.66. The van der Waals surface area contributed by atoms with Crippen molar-refractivity contribution in [3.05, 3.63) is 28.2 Å². The summed E-state index contributed by atoms with van der Waals surface area (Å²) in [6.45, 7) is 5.25. The van der Waals surface area contributed by atoms with Crippen LogP contribution in [0.1, 0.15) is 51.2 Å². The Bertz CT molecular complexity index is 405. The number of aliphatic hydroxyl groups excluding tert-OH is 1. The van der Waals surface area contributed by atoms with E-state index in [9.17, 15) is 5.11 Å². The first-order chi connectivity index (χ1) is 8.59. The third kappa shape index (κ3) is 3.07.